The third kappa shape index (κ3) is 6.74. The molecule has 0 radical (unpaired) electrons. The number of nitrogens with one attached hydrogen (secondary N) is 2. The summed E-state index contributed by atoms with van der Waals surface area (Å²) in [5.41, 5.74) is 4.83. The Bertz CT molecular complexity index is 1360. The molecular weight excluding hydrogens is 516 g/mol. The number of esters is 2. The van der Waals surface area contributed by atoms with Crippen LogP contribution in [0.5, 0.6) is 11.5 Å². The van der Waals surface area contributed by atoms with Gasteiger partial charge in [0.2, 0.25) is 5.95 Å². The van der Waals surface area contributed by atoms with Crippen molar-refractivity contribution in [2.45, 2.75) is 25.8 Å². The summed E-state index contributed by atoms with van der Waals surface area (Å²) in [6, 6.07) is 10.8. The Hall–Kier alpha value is -4.63. The number of aromatic nitrogens is 3. The topological polar surface area (TPSA) is 124 Å². The molecule has 0 saturated heterocycles. The zero-order valence-electron chi connectivity index (χ0n) is 18.5. The van der Waals surface area contributed by atoms with Crippen LogP contribution < -0.4 is 26.0 Å². The predicted octanol–water partition coefficient (Wildman–Crippen LogP) is 3.70. The second kappa shape index (κ2) is 10.5. The lowest BCUT2D eigenvalue weighted by molar-refractivity contribution is -0.191. The van der Waals surface area contributed by atoms with Gasteiger partial charge in [0.05, 0.1) is 5.69 Å². The number of hydrogen-bond acceptors (Lipinski definition) is 9. The molecule has 1 aromatic heterocycles. The summed E-state index contributed by atoms with van der Waals surface area (Å²) in [6.45, 7) is 1.50. The van der Waals surface area contributed by atoms with Crippen molar-refractivity contribution in [3.63, 3.8) is 0 Å². The summed E-state index contributed by atoms with van der Waals surface area (Å²) < 4.78 is 85.3. The highest BCUT2D eigenvalue weighted by atomic mass is 19.4. The Labute approximate surface area is 202 Å². The average molecular weight is 531 g/mol. The summed E-state index contributed by atoms with van der Waals surface area (Å²) in [5, 5.41) is 0. The Balaban J connectivity index is 2.05. The maximum atomic E-state index is 12.7. The lowest BCUT2D eigenvalue weighted by Gasteiger charge is -2.16. The monoisotopic (exact) mass is 531 g/mol. The molecule has 0 bridgehead atoms. The van der Waals surface area contributed by atoms with Gasteiger partial charge in [0, 0.05) is 12.1 Å². The Morgan fingerprint density at radius 1 is 0.865 bits per heavy atom. The van der Waals surface area contributed by atoms with E-state index in [-0.39, 0.29) is 23.9 Å². The Kier molecular flexibility index (Phi) is 7.69. The molecule has 0 aliphatic carbocycles. The smallest absolute Gasteiger partial charge is 0.416 e. The van der Waals surface area contributed by atoms with E-state index >= 15 is 0 Å². The molecule has 0 unspecified atom stereocenters. The highest BCUT2D eigenvalue weighted by molar-refractivity contribution is 5.82. The molecule has 2 N–H and O–H groups in total. The van der Waals surface area contributed by atoms with Crippen molar-refractivity contribution in [3.8, 4) is 22.9 Å². The average Bonchev–Trinajstić information content (AvgIpc) is 2.82. The number of carbonyl (C=O) groups is 2. The van der Waals surface area contributed by atoms with Crippen LogP contribution in [-0.4, -0.2) is 38.8 Å². The number of rotatable bonds is 7. The molecule has 3 aromatic rings. The zero-order chi connectivity index (χ0) is 27.4. The van der Waals surface area contributed by atoms with E-state index in [2.05, 4.69) is 30.3 Å². The molecule has 0 spiro atoms. The van der Waals surface area contributed by atoms with E-state index in [0.717, 1.165) is 10.6 Å². The number of hydrazine groups is 1. The van der Waals surface area contributed by atoms with Gasteiger partial charge in [0.15, 0.2) is 11.5 Å². The summed E-state index contributed by atoms with van der Waals surface area (Å²) in [4.78, 5) is 42.9. The number of nitrogens with zero attached hydrogens (tertiary/aromatic N) is 3. The summed E-state index contributed by atoms with van der Waals surface area (Å²) in [7, 11) is 0. The van der Waals surface area contributed by atoms with Crippen molar-refractivity contribution in [1.29, 1.82) is 0 Å². The van der Waals surface area contributed by atoms with Gasteiger partial charge in [-0.15, -0.1) is 0 Å². The number of halogens is 6. The van der Waals surface area contributed by atoms with E-state index in [1.807, 2.05) is 0 Å². The highest BCUT2D eigenvalue weighted by Crippen LogP contribution is 2.35. The lowest BCUT2D eigenvalue weighted by atomic mass is 10.2. The van der Waals surface area contributed by atoms with Gasteiger partial charge in [0.25, 0.3) is 0 Å². The van der Waals surface area contributed by atoms with E-state index in [1.165, 1.54) is 6.92 Å². The Morgan fingerprint density at radius 2 is 1.46 bits per heavy atom. The molecule has 0 atom stereocenters. The molecule has 3 rings (SSSR count). The molecule has 1 heterocycles. The second-order valence-corrected chi connectivity index (χ2v) is 6.95. The first-order chi connectivity index (χ1) is 17.3. The number of carbonyl (C=O) groups excluding carboxylic acids is 2. The molecule has 16 heteroatoms. The van der Waals surface area contributed by atoms with Crippen molar-refractivity contribution < 1.29 is 45.4 Å². The van der Waals surface area contributed by atoms with Crippen LogP contribution in [0.15, 0.2) is 53.3 Å². The molecule has 0 aliphatic rings. The summed E-state index contributed by atoms with van der Waals surface area (Å²) >= 11 is 0. The minimum Gasteiger partial charge on any atom is -0.416 e. The van der Waals surface area contributed by atoms with Crippen molar-refractivity contribution in [2.75, 3.05) is 10.9 Å². The van der Waals surface area contributed by atoms with Crippen LogP contribution >= 0.6 is 0 Å². The van der Waals surface area contributed by atoms with Gasteiger partial charge in [-0.05, 0) is 37.3 Å². The maximum absolute atomic E-state index is 12.7. The highest BCUT2D eigenvalue weighted by Gasteiger charge is 2.44. The van der Waals surface area contributed by atoms with Gasteiger partial charge in [-0.2, -0.15) is 36.3 Å². The molecule has 0 saturated carbocycles. The van der Waals surface area contributed by atoms with Crippen LogP contribution in [0.25, 0.3) is 11.4 Å². The number of ether oxygens (including phenoxy) is 2. The van der Waals surface area contributed by atoms with Crippen LogP contribution in [0.4, 0.5) is 38.0 Å². The standard InChI is InChI=1S/C21H15F6N5O5/c1-2-32-15(28-18(29-19(32)35)31-30-12-6-4-3-5-7-12)11-8-9-13(36-16(33)20(22,23)24)14(10-11)37-17(34)21(25,26)27/h3-10,30H,2H2,1H3,(H,29,31,35). The fourth-order valence-electron chi connectivity index (χ4n) is 2.76. The van der Waals surface area contributed by atoms with Crippen molar-refractivity contribution in [2.24, 2.45) is 0 Å². The van der Waals surface area contributed by atoms with Gasteiger partial charge in [0.1, 0.15) is 5.82 Å². The maximum Gasteiger partial charge on any atom is 0.491 e. The van der Waals surface area contributed by atoms with Crippen LogP contribution in [0.3, 0.4) is 0 Å². The minimum absolute atomic E-state index is 0.0248. The molecule has 196 valence electrons. The van der Waals surface area contributed by atoms with Crippen molar-refractivity contribution in [1.82, 2.24) is 14.5 Å². The van der Waals surface area contributed by atoms with E-state index in [9.17, 15) is 40.7 Å². The fourth-order valence-corrected chi connectivity index (χ4v) is 2.76. The molecule has 0 aliphatic heterocycles. The number of benzene rings is 2. The van der Waals surface area contributed by atoms with E-state index < -0.39 is 41.5 Å². The van der Waals surface area contributed by atoms with E-state index in [1.54, 1.807) is 30.3 Å². The van der Waals surface area contributed by atoms with Gasteiger partial charge in [-0.1, -0.05) is 18.2 Å². The Morgan fingerprint density at radius 3 is 2.03 bits per heavy atom. The van der Waals surface area contributed by atoms with Crippen molar-refractivity contribution >= 4 is 23.6 Å². The zero-order valence-corrected chi connectivity index (χ0v) is 18.5. The SMILES string of the molecule is CCn1c(-c2ccc(OC(=O)C(F)(F)F)c(OC(=O)C(F)(F)F)c2)nc(NNc2ccccc2)nc1=O. The quantitative estimate of drug-likeness (QED) is 0.203. The molecule has 0 fully saturated rings. The first-order valence-corrected chi connectivity index (χ1v) is 10.1. The largest absolute Gasteiger partial charge is 0.491 e. The minimum atomic E-state index is -5.53. The first-order valence-electron chi connectivity index (χ1n) is 10.1. The van der Waals surface area contributed by atoms with E-state index in [4.69, 9.17) is 0 Å². The van der Waals surface area contributed by atoms with E-state index in [0.29, 0.717) is 17.8 Å². The number of anilines is 2. The normalized spacial score (nSPS) is 11.5. The van der Waals surface area contributed by atoms with Crippen LogP contribution in [0.2, 0.25) is 0 Å². The lowest BCUT2D eigenvalue weighted by Crippen LogP contribution is -2.30. The first kappa shape index (κ1) is 27.0. The van der Waals surface area contributed by atoms with Gasteiger partial charge in [-0.3, -0.25) is 15.4 Å². The molecule has 37 heavy (non-hydrogen) atoms. The molecule has 0 amide bonds. The molecule has 2 aromatic carbocycles. The third-order valence-electron chi connectivity index (χ3n) is 4.38. The van der Waals surface area contributed by atoms with Crippen LogP contribution in [-0.2, 0) is 16.1 Å². The summed E-state index contributed by atoms with van der Waals surface area (Å²) in [5.74, 6) is -8.35. The number of hydrogen-bond donors (Lipinski definition) is 2. The third-order valence-corrected chi connectivity index (χ3v) is 4.38. The molecule has 10 nitrogen and oxygen atoms in total. The van der Waals surface area contributed by atoms with Gasteiger partial charge in [-0.25, -0.2) is 14.4 Å². The fraction of sp³-hybridized carbons (Fsp3) is 0.190. The predicted molar refractivity (Wildman–Crippen MR) is 114 cm³/mol. The van der Waals surface area contributed by atoms with Crippen LogP contribution in [0.1, 0.15) is 6.92 Å². The van der Waals surface area contributed by atoms with Gasteiger partial charge < -0.3 is 9.47 Å². The number of para-hydroxylation sites is 1. The van der Waals surface area contributed by atoms with Crippen molar-refractivity contribution in [3.05, 3.63) is 59.0 Å². The number of alkyl halides is 6. The second-order valence-electron chi connectivity index (χ2n) is 6.95. The molecular formula is C21H15F6N5O5. The summed E-state index contributed by atoms with van der Waals surface area (Å²) in [6.07, 6.45) is -11.0. The van der Waals surface area contributed by atoms with Gasteiger partial charge >= 0.3 is 30.0 Å². The van der Waals surface area contributed by atoms with Crippen LogP contribution in [0, 0.1) is 0 Å².